The minimum atomic E-state index is -3.30. The van der Waals surface area contributed by atoms with Gasteiger partial charge in [0.1, 0.15) is 0 Å². The van der Waals surface area contributed by atoms with Gasteiger partial charge in [0.05, 0.1) is 17.5 Å². The first-order valence-electron chi connectivity index (χ1n) is 7.78. The van der Waals surface area contributed by atoms with E-state index in [1.54, 1.807) is 42.5 Å². The molecule has 0 aliphatic heterocycles. The number of hydrogen-bond donors (Lipinski definition) is 2. The predicted octanol–water partition coefficient (Wildman–Crippen LogP) is 3.23. The van der Waals surface area contributed by atoms with E-state index in [9.17, 15) is 13.2 Å². The van der Waals surface area contributed by atoms with Gasteiger partial charge >= 0.3 is 0 Å². The summed E-state index contributed by atoms with van der Waals surface area (Å²) >= 11 is 1.57. The van der Waals surface area contributed by atoms with E-state index in [0.29, 0.717) is 17.0 Å². The second-order valence-electron chi connectivity index (χ2n) is 5.64. The van der Waals surface area contributed by atoms with Gasteiger partial charge in [-0.25, -0.2) is 13.8 Å². The number of nitrogens with zero attached hydrogens (tertiary/aromatic N) is 1. The minimum Gasteiger partial charge on any atom is -0.284 e. The summed E-state index contributed by atoms with van der Waals surface area (Å²) in [6.45, 7) is 3.87. The lowest BCUT2D eigenvalue weighted by Gasteiger charge is -2.06. The van der Waals surface area contributed by atoms with Crippen molar-refractivity contribution in [1.82, 2.24) is 5.43 Å². The Balaban J connectivity index is 2.01. The Morgan fingerprint density at radius 2 is 1.88 bits per heavy atom. The highest BCUT2D eigenvalue weighted by Crippen LogP contribution is 2.16. The van der Waals surface area contributed by atoms with E-state index in [0.717, 1.165) is 24.7 Å². The van der Waals surface area contributed by atoms with Gasteiger partial charge in [-0.2, -0.15) is 5.10 Å². The van der Waals surface area contributed by atoms with E-state index >= 15 is 0 Å². The molecule has 134 valence electrons. The molecule has 0 saturated heterocycles. The molecule has 2 aromatic rings. The molecule has 2 rings (SSSR count). The fourth-order valence-electron chi connectivity index (χ4n) is 2.13. The number of thiophene rings is 1. The summed E-state index contributed by atoms with van der Waals surface area (Å²) in [6.07, 6.45) is 3.11. The van der Waals surface area contributed by atoms with E-state index in [-0.39, 0.29) is 5.91 Å². The largest absolute Gasteiger partial charge is 0.284 e. The average Bonchev–Trinajstić information content (AvgIpc) is 3.00. The van der Waals surface area contributed by atoms with Gasteiger partial charge in [0.2, 0.25) is 10.0 Å². The molecule has 0 aliphatic rings. The number of sulfonamides is 1. The number of benzene rings is 1. The van der Waals surface area contributed by atoms with Crippen molar-refractivity contribution in [3.63, 3.8) is 0 Å². The van der Waals surface area contributed by atoms with Crippen molar-refractivity contribution in [2.24, 2.45) is 5.10 Å². The van der Waals surface area contributed by atoms with Crippen molar-refractivity contribution in [3.05, 3.63) is 51.7 Å². The molecule has 8 heteroatoms. The van der Waals surface area contributed by atoms with Gasteiger partial charge in [-0.15, -0.1) is 11.3 Å². The van der Waals surface area contributed by atoms with Crippen LogP contribution in [0.3, 0.4) is 0 Å². The number of nitrogens with one attached hydrogen (secondary N) is 2. The summed E-state index contributed by atoms with van der Waals surface area (Å²) in [6, 6.07) is 8.66. The van der Waals surface area contributed by atoms with E-state index in [1.807, 2.05) is 11.4 Å². The van der Waals surface area contributed by atoms with E-state index in [4.69, 9.17) is 0 Å². The highest BCUT2D eigenvalue weighted by Gasteiger charge is 2.08. The zero-order valence-corrected chi connectivity index (χ0v) is 16.0. The lowest BCUT2D eigenvalue weighted by atomic mass is 10.1. The lowest BCUT2D eigenvalue weighted by molar-refractivity contribution is 0.0955. The molecule has 0 unspecified atom stereocenters. The third-order valence-corrected chi connectivity index (χ3v) is 4.95. The Morgan fingerprint density at radius 1 is 1.20 bits per heavy atom. The van der Waals surface area contributed by atoms with Crippen LogP contribution in [0.4, 0.5) is 5.69 Å². The molecule has 0 spiro atoms. The van der Waals surface area contributed by atoms with Crippen molar-refractivity contribution in [1.29, 1.82) is 0 Å². The number of aryl methyl sites for hydroxylation is 1. The van der Waals surface area contributed by atoms with Crippen molar-refractivity contribution in [2.75, 3.05) is 11.0 Å². The highest BCUT2D eigenvalue weighted by molar-refractivity contribution is 7.92. The Hall–Kier alpha value is -2.19. The van der Waals surface area contributed by atoms with Gasteiger partial charge in [0, 0.05) is 15.9 Å². The van der Waals surface area contributed by atoms with Crippen molar-refractivity contribution < 1.29 is 13.2 Å². The molecular formula is C17H21N3O3S2. The van der Waals surface area contributed by atoms with Crippen LogP contribution in [0.25, 0.3) is 0 Å². The van der Waals surface area contributed by atoms with Gasteiger partial charge in [-0.05, 0) is 37.1 Å². The summed E-state index contributed by atoms with van der Waals surface area (Å²) in [5, 5.41) is 5.94. The van der Waals surface area contributed by atoms with Crippen LogP contribution in [0, 0.1) is 0 Å². The summed E-state index contributed by atoms with van der Waals surface area (Å²) in [7, 11) is -3.30. The SMILES string of the molecule is CCCc1cc(C(=O)N/N=C(/C)c2ccc(NS(C)(=O)=O)cc2)cs1. The zero-order chi connectivity index (χ0) is 18.4. The standard InChI is InChI=1S/C17H21N3O3S2/c1-4-5-16-10-14(11-24-16)17(21)19-18-12(2)13-6-8-15(9-7-13)20-25(3,22)23/h6-11,20H,4-5H2,1-3H3,(H,19,21)/b18-12-. The zero-order valence-electron chi connectivity index (χ0n) is 14.4. The van der Waals surface area contributed by atoms with Crippen molar-refractivity contribution >= 4 is 38.7 Å². The van der Waals surface area contributed by atoms with Crippen LogP contribution in [0.5, 0.6) is 0 Å². The molecule has 2 N–H and O–H groups in total. The topological polar surface area (TPSA) is 87.6 Å². The average molecular weight is 380 g/mol. The van der Waals surface area contributed by atoms with Gasteiger partial charge < -0.3 is 0 Å². The summed E-state index contributed by atoms with van der Waals surface area (Å²) in [4.78, 5) is 13.3. The minimum absolute atomic E-state index is 0.242. The third-order valence-electron chi connectivity index (χ3n) is 3.34. The molecule has 25 heavy (non-hydrogen) atoms. The molecule has 0 bridgehead atoms. The molecule has 0 radical (unpaired) electrons. The quantitative estimate of drug-likeness (QED) is 0.572. The Labute approximate surface area is 152 Å². The normalized spacial score (nSPS) is 12.0. The monoisotopic (exact) mass is 379 g/mol. The van der Waals surface area contributed by atoms with Crippen LogP contribution < -0.4 is 10.1 Å². The third kappa shape index (κ3) is 5.99. The molecule has 0 aliphatic carbocycles. The number of hydrazone groups is 1. The van der Waals surface area contributed by atoms with Crippen LogP contribution in [-0.2, 0) is 16.4 Å². The molecule has 6 nitrogen and oxygen atoms in total. The molecule has 1 heterocycles. The Bertz CT molecular complexity index is 869. The van der Waals surface area contributed by atoms with Crippen LogP contribution in [0.15, 0.2) is 40.8 Å². The predicted molar refractivity (Wildman–Crippen MR) is 103 cm³/mol. The van der Waals surface area contributed by atoms with Crippen LogP contribution in [0.2, 0.25) is 0 Å². The highest BCUT2D eigenvalue weighted by atomic mass is 32.2. The summed E-state index contributed by atoms with van der Waals surface area (Å²) in [5.74, 6) is -0.242. The summed E-state index contributed by atoms with van der Waals surface area (Å²) in [5.41, 5.74) is 5.05. The van der Waals surface area contributed by atoms with Crippen molar-refractivity contribution in [3.8, 4) is 0 Å². The van der Waals surface area contributed by atoms with Gasteiger partial charge in [-0.1, -0.05) is 25.5 Å². The fourth-order valence-corrected chi connectivity index (χ4v) is 3.67. The van der Waals surface area contributed by atoms with Gasteiger partial charge in [-0.3, -0.25) is 9.52 Å². The Morgan fingerprint density at radius 3 is 2.48 bits per heavy atom. The van der Waals surface area contributed by atoms with E-state index in [1.165, 1.54) is 4.88 Å². The molecule has 1 aromatic carbocycles. The van der Waals surface area contributed by atoms with Crippen LogP contribution in [0.1, 0.15) is 41.1 Å². The van der Waals surface area contributed by atoms with E-state index in [2.05, 4.69) is 22.2 Å². The molecule has 1 amide bonds. The Kier molecular flexibility index (Phi) is 6.33. The number of carbonyl (C=O) groups is 1. The molecule has 0 fully saturated rings. The molecule has 0 saturated carbocycles. The number of anilines is 1. The first-order valence-corrected chi connectivity index (χ1v) is 10.6. The van der Waals surface area contributed by atoms with Gasteiger partial charge in [0.15, 0.2) is 0 Å². The summed E-state index contributed by atoms with van der Waals surface area (Å²) < 4.78 is 24.8. The van der Waals surface area contributed by atoms with E-state index < -0.39 is 10.0 Å². The van der Waals surface area contributed by atoms with Crippen molar-refractivity contribution in [2.45, 2.75) is 26.7 Å². The van der Waals surface area contributed by atoms with Crippen LogP contribution in [-0.4, -0.2) is 26.3 Å². The first-order chi connectivity index (χ1) is 11.8. The lowest BCUT2D eigenvalue weighted by Crippen LogP contribution is -2.18. The number of hydrogen-bond acceptors (Lipinski definition) is 5. The first kappa shape index (κ1) is 19.1. The maximum absolute atomic E-state index is 12.1. The second kappa shape index (κ2) is 8.26. The van der Waals surface area contributed by atoms with Gasteiger partial charge in [0.25, 0.3) is 5.91 Å². The molecular weight excluding hydrogens is 358 g/mol. The maximum atomic E-state index is 12.1. The van der Waals surface area contributed by atoms with Crippen LogP contribution >= 0.6 is 11.3 Å². The second-order valence-corrected chi connectivity index (χ2v) is 8.39. The number of amides is 1. The molecule has 1 aromatic heterocycles. The fraction of sp³-hybridized carbons (Fsp3) is 0.294. The smallest absolute Gasteiger partial charge is 0.272 e. The number of carbonyl (C=O) groups excluding carboxylic acids is 1. The maximum Gasteiger partial charge on any atom is 0.272 e. The molecule has 0 atom stereocenters. The number of rotatable bonds is 7.